The zero-order chi connectivity index (χ0) is 18.2. The molecule has 0 aliphatic carbocycles. The molecule has 0 saturated carbocycles. The highest BCUT2D eigenvalue weighted by Crippen LogP contribution is 2.29. The third-order valence-corrected chi connectivity index (χ3v) is 5.46. The third kappa shape index (κ3) is 1.68. The Morgan fingerprint density at radius 2 is 1.61 bits per heavy atom. The minimum atomic E-state index is 0.816. The first-order chi connectivity index (χ1) is 13.9. The Kier molecular flexibility index (Phi) is 2.44. The molecule has 2 aromatic carbocycles. The second-order valence-electron chi connectivity index (χ2n) is 7.02. The number of rotatable bonds is 0. The lowest BCUT2D eigenvalue weighted by Gasteiger charge is -2.03. The van der Waals surface area contributed by atoms with E-state index in [4.69, 9.17) is 14.4 Å². The maximum absolute atomic E-state index is 6.25. The van der Waals surface area contributed by atoms with Crippen LogP contribution >= 0.6 is 0 Å². The molecule has 130 valence electrons. The fourth-order valence-electron chi connectivity index (χ4n) is 4.17. The largest absolute Gasteiger partial charge is 0.455 e. The number of pyridine rings is 2. The van der Waals surface area contributed by atoms with Crippen molar-refractivity contribution < 1.29 is 8.82 Å². The van der Waals surface area contributed by atoms with E-state index < -0.39 is 0 Å². The van der Waals surface area contributed by atoms with Gasteiger partial charge in [-0.25, -0.2) is 4.98 Å². The number of aromatic nitrogens is 4. The van der Waals surface area contributed by atoms with Crippen molar-refractivity contribution in [1.29, 1.82) is 0 Å². The summed E-state index contributed by atoms with van der Waals surface area (Å²) in [5, 5.41) is 1.96. The van der Waals surface area contributed by atoms with E-state index >= 15 is 0 Å². The molecule has 5 heteroatoms. The molecular formula is C23H13N4O+. The lowest BCUT2D eigenvalue weighted by atomic mass is 10.2. The molecule has 7 rings (SSSR count). The van der Waals surface area contributed by atoms with Gasteiger partial charge in [0, 0.05) is 12.3 Å². The van der Waals surface area contributed by atoms with Crippen LogP contribution in [0.3, 0.4) is 0 Å². The monoisotopic (exact) mass is 361 g/mol. The van der Waals surface area contributed by atoms with Crippen LogP contribution in [0.1, 0.15) is 0 Å². The Hall–Kier alpha value is -3.99. The molecule has 0 bridgehead atoms. The van der Waals surface area contributed by atoms with Gasteiger partial charge < -0.3 is 4.42 Å². The summed E-state index contributed by atoms with van der Waals surface area (Å²) in [6.45, 7) is 0. The minimum absolute atomic E-state index is 0.816. The molecule has 5 aromatic heterocycles. The van der Waals surface area contributed by atoms with Crippen LogP contribution in [0.15, 0.2) is 83.5 Å². The van der Waals surface area contributed by atoms with Crippen molar-refractivity contribution in [1.82, 2.24) is 14.4 Å². The van der Waals surface area contributed by atoms with Crippen molar-refractivity contribution >= 4 is 55.3 Å². The molecule has 0 saturated heterocycles. The van der Waals surface area contributed by atoms with Crippen LogP contribution in [-0.2, 0) is 0 Å². The molecular weight excluding hydrogens is 348 g/mol. The van der Waals surface area contributed by atoms with Crippen LogP contribution in [0.4, 0.5) is 0 Å². The van der Waals surface area contributed by atoms with Crippen LogP contribution in [0, 0.1) is 0 Å². The van der Waals surface area contributed by atoms with Gasteiger partial charge in [0.05, 0.1) is 16.4 Å². The van der Waals surface area contributed by atoms with Crippen LogP contribution < -0.4 is 4.40 Å². The summed E-state index contributed by atoms with van der Waals surface area (Å²) >= 11 is 0. The SMILES string of the molecule is c1ccc2c(c1)nc1c3cc4c(cc[n+]5c6ccccc6nc45)oc3ccn21. The minimum Gasteiger partial charge on any atom is -0.455 e. The molecule has 5 nitrogen and oxygen atoms in total. The van der Waals surface area contributed by atoms with Gasteiger partial charge in [-0.2, -0.15) is 4.40 Å². The Morgan fingerprint density at radius 1 is 0.786 bits per heavy atom. The van der Waals surface area contributed by atoms with E-state index in [1.807, 2.05) is 60.9 Å². The molecule has 0 N–H and O–H groups in total. The zero-order valence-corrected chi connectivity index (χ0v) is 14.7. The number of hydrogen-bond donors (Lipinski definition) is 0. The normalized spacial score (nSPS) is 12.3. The summed E-state index contributed by atoms with van der Waals surface area (Å²) in [5.74, 6) is 0. The molecule has 0 fully saturated rings. The Morgan fingerprint density at radius 3 is 2.57 bits per heavy atom. The molecule has 0 spiro atoms. The number of hydrogen-bond acceptors (Lipinski definition) is 3. The van der Waals surface area contributed by atoms with Crippen molar-refractivity contribution in [3.63, 3.8) is 0 Å². The van der Waals surface area contributed by atoms with Gasteiger partial charge in [-0.15, -0.1) is 0 Å². The van der Waals surface area contributed by atoms with E-state index in [1.54, 1.807) is 0 Å². The molecule has 0 atom stereocenters. The van der Waals surface area contributed by atoms with Crippen LogP contribution in [0.25, 0.3) is 55.3 Å². The van der Waals surface area contributed by atoms with E-state index in [0.717, 1.165) is 55.3 Å². The van der Waals surface area contributed by atoms with Gasteiger partial charge in [0.15, 0.2) is 5.52 Å². The Labute approximate surface area is 158 Å². The van der Waals surface area contributed by atoms with E-state index in [-0.39, 0.29) is 0 Å². The molecule has 0 unspecified atom stereocenters. The van der Waals surface area contributed by atoms with Gasteiger partial charge in [0.25, 0.3) is 0 Å². The zero-order valence-electron chi connectivity index (χ0n) is 14.7. The van der Waals surface area contributed by atoms with Gasteiger partial charge >= 0.3 is 5.65 Å². The topological polar surface area (TPSA) is 47.4 Å². The van der Waals surface area contributed by atoms with Gasteiger partial charge in [-0.3, -0.25) is 4.40 Å². The smallest absolute Gasteiger partial charge is 0.340 e. The molecule has 0 aliphatic heterocycles. The first-order valence-corrected chi connectivity index (χ1v) is 9.19. The van der Waals surface area contributed by atoms with Gasteiger partial charge in [0.1, 0.15) is 28.4 Å². The van der Waals surface area contributed by atoms with Crippen molar-refractivity contribution in [3.05, 3.63) is 79.1 Å². The van der Waals surface area contributed by atoms with Gasteiger partial charge in [0.2, 0.25) is 5.52 Å². The second kappa shape index (κ2) is 4.84. The summed E-state index contributed by atoms with van der Waals surface area (Å²) in [5.41, 5.74) is 7.53. The summed E-state index contributed by atoms with van der Waals surface area (Å²) in [4.78, 5) is 9.70. The number of fused-ring (bicyclic) bond motifs is 10. The average molecular weight is 361 g/mol. The molecule has 0 aliphatic rings. The molecule has 0 radical (unpaired) electrons. The Balaban J connectivity index is 1.70. The van der Waals surface area contributed by atoms with Gasteiger partial charge in [-0.1, -0.05) is 24.3 Å². The fraction of sp³-hybridized carbons (Fsp3) is 0. The average Bonchev–Trinajstić information content (AvgIpc) is 3.31. The highest BCUT2D eigenvalue weighted by atomic mass is 16.3. The third-order valence-electron chi connectivity index (χ3n) is 5.46. The van der Waals surface area contributed by atoms with Crippen molar-refractivity contribution in [2.75, 3.05) is 0 Å². The summed E-state index contributed by atoms with van der Waals surface area (Å²) < 4.78 is 10.5. The van der Waals surface area contributed by atoms with Crippen LogP contribution in [0.2, 0.25) is 0 Å². The number of para-hydroxylation sites is 4. The lowest BCUT2D eigenvalue weighted by molar-refractivity contribution is -0.479. The molecule has 5 heterocycles. The lowest BCUT2D eigenvalue weighted by Crippen LogP contribution is -2.18. The summed E-state index contributed by atoms with van der Waals surface area (Å²) in [6.07, 6.45) is 4.04. The van der Waals surface area contributed by atoms with E-state index in [2.05, 4.69) is 27.0 Å². The first kappa shape index (κ1) is 14.1. The predicted molar refractivity (Wildman–Crippen MR) is 108 cm³/mol. The fourth-order valence-corrected chi connectivity index (χ4v) is 4.17. The standard InChI is InChI=1S/C23H13N4O/c1-3-7-18-16(5-1)24-22-14-13-15-21(28-20(14)9-11-26(18)22)10-12-27-19-8-4-2-6-17(19)25-23(15)27/h1-13H/q+1. The predicted octanol–water partition coefficient (Wildman–Crippen LogP) is 4.67. The van der Waals surface area contributed by atoms with Crippen LogP contribution in [-0.4, -0.2) is 14.4 Å². The number of imidazole rings is 2. The van der Waals surface area contributed by atoms with Crippen molar-refractivity contribution in [2.45, 2.75) is 0 Å². The highest BCUT2D eigenvalue weighted by Gasteiger charge is 2.20. The maximum Gasteiger partial charge on any atom is 0.340 e. The highest BCUT2D eigenvalue weighted by molar-refractivity contribution is 6.03. The van der Waals surface area contributed by atoms with Crippen LogP contribution in [0.5, 0.6) is 0 Å². The van der Waals surface area contributed by atoms with Crippen molar-refractivity contribution in [3.8, 4) is 0 Å². The van der Waals surface area contributed by atoms with E-state index in [1.165, 1.54) is 0 Å². The summed E-state index contributed by atoms with van der Waals surface area (Å²) in [6, 6.07) is 22.5. The molecule has 7 aromatic rings. The number of nitrogens with zero attached hydrogens (tertiary/aromatic N) is 4. The maximum atomic E-state index is 6.25. The first-order valence-electron chi connectivity index (χ1n) is 9.19. The summed E-state index contributed by atoms with van der Waals surface area (Å²) in [7, 11) is 0. The molecule has 0 amide bonds. The van der Waals surface area contributed by atoms with E-state index in [0.29, 0.717) is 0 Å². The molecule has 28 heavy (non-hydrogen) atoms. The quantitative estimate of drug-likeness (QED) is 0.291. The van der Waals surface area contributed by atoms with E-state index in [9.17, 15) is 0 Å². The Bertz CT molecular complexity index is 1600. The second-order valence-corrected chi connectivity index (χ2v) is 7.02. The van der Waals surface area contributed by atoms with Gasteiger partial charge in [-0.05, 0) is 41.4 Å². The van der Waals surface area contributed by atoms with Crippen molar-refractivity contribution in [2.24, 2.45) is 0 Å². The number of benzene rings is 2.